The van der Waals surface area contributed by atoms with Gasteiger partial charge >= 0.3 is 0 Å². The lowest BCUT2D eigenvalue weighted by Gasteiger charge is -2.12. The average Bonchev–Trinajstić information content (AvgIpc) is 2.86. The molecule has 0 aliphatic rings. The first kappa shape index (κ1) is 25.1. The monoisotopic (exact) mass is 474 g/mol. The molecule has 3 aromatic rings. The molecule has 0 aliphatic carbocycles. The van der Waals surface area contributed by atoms with Gasteiger partial charge in [0, 0.05) is 0 Å². The molecule has 0 unspecified atom stereocenters. The van der Waals surface area contributed by atoms with Crippen molar-refractivity contribution in [2.24, 2.45) is 5.92 Å². The minimum Gasteiger partial charge on any atom is -0.508 e. The van der Waals surface area contributed by atoms with E-state index in [0.29, 0.717) is 16.7 Å². The molecule has 0 saturated carbocycles. The maximum atomic E-state index is 13.1. The summed E-state index contributed by atoms with van der Waals surface area (Å²) in [6.07, 6.45) is 5.90. The number of aromatic hydroxyl groups is 3. The van der Waals surface area contributed by atoms with E-state index in [0.717, 1.165) is 0 Å². The summed E-state index contributed by atoms with van der Waals surface area (Å²) in [5.74, 6) is -1.21. The lowest BCUT2D eigenvalue weighted by atomic mass is 9.90. The number of benzene rings is 3. The molecule has 0 spiro atoms. The van der Waals surface area contributed by atoms with Crippen molar-refractivity contribution in [1.82, 2.24) is 0 Å². The van der Waals surface area contributed by atoms with Gasteiger partial charge in [-0.1, -0.05) is 36.4 Å². The van der Waals surface area contributed by atoms with Crippen LogP contribution in [0.2, 0.25) is 0 Å². The van der Waals surface area contributed by atoms with Crippen LogP contribution in [0.1, 0.15) is 16.7 Å². The number of allylic oxidation sites excluding steroid dienone is 2. The number of hydrogen-bond donors (Lipinski definition) is 3. The third-order valence-electron chi connectivity index (χ3n) is 5.35. The van der Waals surface area contributed by atoms with Crippen LogP contribution in [0.15, 0.2) is 72.8 Å². The third-order valence-corrected chi connectivity index (χ3v) is 5.35. The fraction of sp³-hybridized carbons (Fsp3) is 0.143. The summed E-state index contributed by atoms with van der Waals surface area (Å²) in [6, 6.07) is 15.6. The summed E-state index contributed by atoms with van der Waals surface area (Å²) in [5, 5.41) is 29.0. The highest BCUT2D eigenvalue weighted by Gasteiger charge is 2.23. The second-order valence-electron chi connectivity index (χ2n) is 7.76. The van der Waals surface area contributed by atoms with Crippen LogP contribution in [0.25, 0.3) is 12.2 Å². The topological polar surface area (TPSA) is 113 Å². The van der Waals surface area contributed by atoms with Crippen molar-refractivity contribution in [3.05, 3.63) is 89.5 Å². The van der Waals surface area contributed by atoms with E-state index in [-0.39, 0.29) is 35.2 Å². The molecule has 3 N–H and O–H groups in total. The normalized spacial score (nSPS) is 12.1. The van der Waals surface area contributed by atoms with Gasteiger partial charge in [-0.05, 0) is 71.7 Å². The van der Waals surface area contributed by atoms with Crippen LogP contribution in [0, 0.1) is 5.92 Å². The standard InChI is InChI=1S/C28H26O7/c1-34-27-16-19(7-13-25(27)32)5-11-23(30)22(15-18-3-9-21(29)10-4-18)24(31)12-6-20-8-14-26(33)28(17-20)35-2/h3-14,16-17,22,29,32-33H,15H2,1-2H3. The van der Waals surface area contributed by atoms with Crippen LogP contribution in [0.4, 0.5) is 0 Å². The Morgan fingerprint density at radius 3 is 1.63 bits per heavy atom. The van der Waals surface area contributed by atoms with Gasteiger partial charge in [-0.15, -0.1) is 0 Å². The molecule has 0 fully saturated rings. The predicted molar refractivity (Wildman–Crippen MR) is 133 cm³/mol. The molecule has 0 aliphatic heterocycles. The molecule has 180 valence electrons. The first-order valence-corrected chi connectivity index (χ1v) is 10.8. The van der Waals surface area contributed by atoms with Gasteiger partial charge in [0.25, 0.3) is 0 Å². The van der Waals surface area contributed by atoms with Gasteiger partial charge in [0.15, 0.2) is 34.6 Å². The van der Waals surface area contributed by atoms with Crippen molar-refractivity contribution in [2.45, 2.75) is 6.42 Å². The largest absolute Gasteiger partial charge is 0.508 e. The Labute approximate surface area is 203 Å². The Kier molecular flexibility index (Phi) is 8.29. The SMILES string of the molecule is COc1cc(C=CC(=O)C(Cc2ccc(O)cc2)C(=O)C=Cc2ccc(O)c(OC)c2)ccc1O. The van der Waals surface area contributed by atoms with Gasteiger partial charge in [-0.25, -0.2) is 0 Å². The fourth-order valence-electron chi connectivity index (χ4n) is 3.39. The third kappa shape index (κ3) is 6.74. The summed E-state index contributed by atoms with van der Waals surface area (Å²) in [7, 11) is 2.85. The minimum absolute atomic E-state index is 0.0210. The molecule has 0 amide bonds. The van der Waals surface area contributed by atoms with E-state index in [2.05, 4.69) is 0 Å². The van der Waals surface area contributed by atoms with Crippen molar-refractivity contribution in [3.8, 4) is 28.7 Å². The number of carbonyl (C=O) groups is 2. The van der Waals surface area contributed by atoms with Crippen LogP contribution in [0.3, 0.4) is 0 Å². The average molecular weight is 475 g/mol. The molecular formula is C28H26O7. The molecule has 3 aromatic carbocycles. The molecule has 0 radical (unpaired) electrons. The van der Waals surface area contributed by atoms with Gasteiger partial charge in [-0.3, -0.25) is 9.59 Å². The highest BCUT2D eigenvalue weighted by atomic mass is 16.5. The van der Waals surface area contributed by atoms with E-state index in [4.69, 9.17) is 9.47 Å². The Bertz CT molecular complexity index is 1180. The molecule has 7 nitrogen and oxygen atoms in total. The first-order valence-electron chi connectivity index (χ1n) is 10.8. The maximum absolute atomic E-state index is 13.1. The van der Waals surface area contributed by atoms with Gasteiger partial charge in [0.1, 0.15) is 5.75 Å². The molecule has 0 saturated heterocycles. The summed E-state index contributed by atoms with van der Waals surface area (Å²) in [4.78, 5) is 26.2. The molecule has 3 rings (SSSR count). The molecule has 0 bridgehead atoms. The van der Waals surface area contributed by atoms with Crippen molar-refractivity contribution in [1.29, 1.82) is 0 Å². The summed E-state index contributed by atoms with van der Waals surface area (Å²) in [6.45, 7) is 0. The molecule has 0 heterocycles. The van der Waals surface area contributed by atoms with Crippen molar-refractivity contribution in [2.75, 3.05) is 14.2 Å². The summed E-state index contributed by atoms with van der Waals surface area (Å²) < 4.78 is 10.2. The maximum Gasteiger partial charge on any atom is 0.166 e. The van der Waals surface area contributed by atoms with Gasteiger partial charge in [0.05, 0.1) is 20.1 Å². The zero-order valence-corrected chi connectivity index (χ0v) is 19.3. The van der Waals surface area contributed by atoms with Gasteiger partial charge < -0.3 is 24.8 Å². The molecule has 0 aromatic heterocycles. The van der Waals surface area contributed by atoms with Crippen molar-refractivity contribution >= 4 is 23.7 Å². The fourth-order valence-corrected chi connectivity index (χ4v) is 3.39. The minimum atomic E-state index is -0.995. The Hall–Kier alpha value is -4.52. The van der Waals surface area contributed by atoms with Crippen molar-refractivity contribution in [3.63, 3.8) is 0 Å². The zero-order chi connectivity index (χ0) is 25.4. The van der Waals surface area contributed by atoms with Crippen LogP contribution in [-0.2, 0) is 16.0 Å². The van der Waals surface area contributed by atoms with Gasteiger partial charge in [-0.2, -0.15) is 0 Å². The molecular weight excluding hydrogens is 448 g/mol. The first-order chi connectivity index (χ1) is 16.8. The number of carbonyl (C=O) groups excluding carboxylic acids is 2. The Balaban J connectivity index is 1.85. The molecule has 7 heteroatoms. The number of methoxy groups -OCH3 is 2. The van der Waals surface area contributed by atoms with Crippen LogP contribution in [-0.4, -0.2) is 41.1 Å². The van der Waals surface area contributed by atoms with Crippen molar-refractivity contribution < 1.29 is 34.4 Å². The Morgan fingerprint density at radius 1 is 0.743 bits per heavy atom. The number of ketones is 2. The number of phenolic OH excluding ortho intramolecular Hbond substituents is 3. The van der Waals surface area contributed by atoms with E-state index in [9.17, 15) is 24.9 Å². The predicted octanol–water partition coefficient (Wildman–Crippen LogP) is 4.54. The quantitative estimate of drug-likeness (QED) is 0.292. The smallest absolute Gasteiger partial charge is 0.166 e. The van der Waals surface area contributed by atoms with E-state index in [1.807, 2.05) is 0 Å². The van der Waals surface area contributed by atoms with Crippen LogP contribution >= 0.6 is 0 Å². The number of phenols is 3. The highest BCUT2D eigenvalue weighted by molar-refractivity contribution is 6.13. The second-order valence-corrected chi connectivity index (χ2v) is 7.76. The lowest BCUT2D eigenvalue weighted by Crippen LogP contribution is -2.23. The molecule has 0 atom stereocenters. The zero-order valence-electron chi connectivity index (χ0n) is 19.3. The van der Waals surface area contributed by atoms with Gasteiger partial charge in [0.2, 0.25) is 0 Å². The number of ether oxygens (including phenoxy) is 2. The Morgan fingerprint density at radius 2 is 1.20 bits per heavy atom. The lowest BCUT2D eigenvalue weighted by molar-refractivity contribution is -0.127. The van der Waals surface area contributed by atoms with Crippen LogP contribution in [0.5, 0.6) is 28.7 Å². The number of hydrogen-bond acceptors (Lipinski definition) is 7. The number of rotatable bonds is 10. The van der Waals surface area contributed by atoms with E-state index in [1.54, 1.807) is 48.6 Å². The summed E-state index contributed by atoms with van der Waals surface area (Å²) in [5.41, 5.74) is 1.96. The second kappa shape index (κ2) is 11.6. The highest BCUT2D eigenvalue weighted by Crippen LogP contribution is 2.28. The summed E-state index contributed by atoms with van der Waals surface area (Å²) >= 11 is 0. The van der Waals surface area contributed by atoms with Crippen LogP contribution < -0.4 is 9.47 Å². The molecule has 35 heavy (non-hydrogen) atoms. The van der Waals surface area contributed by atoms with E-state index >= 15 is 0 Å². The van der Waals surface area contributed by atoms with E-state index < -0.39 is 17.5 Å². The van der Waals surface area contributed by atoms with E-state index in [1.165, 1.54) is 50.6 Å².